The standard InChI is InChI=1S/C3H3ClO3.C3H4O3.CH3Cl/c4-2-1-6-3(5)7-2;4-3-5-1-2-6-3;1-2/h2H,1H2;1-2H2;1H3. The van der Waals surface area contributed by atoms with E-state index in [0.717, 1.165) is 0 Å². The highest BCUT2D eigenvalue weighted by Crippen LogP contribution is 2.08. The third kappa shape index (κ3) is 7.10. The summed E-state index contributed by atoms with van der Waals surface area (Å²) < 4.78 is 17.1. The van der Waals surface area contributed by atoms with E-state index >= 15 is 0 Å². The normalized spacial score (nSPS) is 21.9. The highest BCUT2D eigenvalue weighted by molar-refractivity contribution is 6.20. The van der Waals surface area contributed by atoms with Gasteiger partial charge in [-0.05, 0) is 0 Å². The summed E-state index contributed by atoms with van der Waals surface area (Å²) in [5, 5.41) is 0. The van der Waals surface area contributed by atoms with E-state index in [2.05, 4.69) is 30.5 Å². The molecule has 1 atom stereocenters. The minimum atomic E-state index is -0.681. The fraction of sp³-hybridized carbons (Fsp3) is 0.714. The number of carbonyl (C=O) groups excluding carboxylic acids is 2. The molecule has 0 saturated carbocycles. The van der Waals surface area contributed by atoms with Gasteiger partial charge in [0, 0.05) is 6.38 Å². The number of alkyl halides is 2. The Bertz CT molecular complexity index is 202. The molecule has 0 N–H and O–H groups in total. The lowest BCUT2D eigenvalue weighted by atomic mass is 10.8. The number of carbonyl (C=O) groups is 2. The Morgan fingerprint density at radius 3 is 1.73 bits per heavy atom. The van der Waals surface area contributed by atoms with E-state index in [-0.39, 0.29) is 6.61 Å². The predicted octanol–water partition coefficient (Wildman–Crippen LogP) is 1.73. The fourth-order valence-electron chi connectivity index (χ4n) is 0.598. The number of cyclic esters (lactones) is 4. The van der Waals surface area contributed by atoms with Gasteiger partial charge in [0.15, 0.2) is 0 Å². The largest absolute Gasteiger partial charge is 0.510 e. The zero-order chi connectivity index (χ0) is 11.7. The Kier molecular flexibility index (Phi) is 7.94. The zero-order valence-electron chi connectivity index (χ0n) is 7.90. The molecule has 0 aromatic rings. The van der Waals surface area contributed by atoms with E-state index in [4.69, 9.17) is 11.6 Å². The average molecular weight is 261 g/mol. The third-order valence-electron chi connectivity index (χ3n) is 1.08. The van der Waals surface area contributed by atoms with Crippen LogP contribution < -0.4 is 0 Å². The van der Waals surface area contributed by atoms with Crippen molar-refractivity contribution >= 4 is 35.5 Å². The van der Waals surface area contributed by atoms with Gasteiger partial charge in [0.05, 0.1) is 0 Å². The van der Waals surface area contributed by atoms with Crippen LogP contribution in [0, 0.1) is 0 Å². The number of halogens is 2. The summed E-state index contributed by atoms with van der Waals surface area (Å²) >= 11 is 9.88. The monoisotopic (exact) mass is 260 g/mol. The second kappa shape index (κ2) is 8.43. The maximum Gasteiger partial charge on any atom is 0.510 e. The molecule has 15 heavy (non-hydrogen) atoms. The minimum absolute atomic E-state index is 0.167. The lowest BCUT2D eigenvalue weighted by Crippen LogP contribution is -1.97. The molecule has 88 valence electrons. The van der Waals surface area contributed by atoms with Crippen molar-refractivity contribution in [1.82, 2.24) is 0 Å². The Hall–Kier alpha value is -0.880. The van der Waals surface area contributed by atoms with Crippen LogP contribution in [0.5, 0.6) is 0 Å². The van der Waals surface area contributed by atoms with E-state index in [1.54, 1.807) is 0 Å². The molecule has 2 fully saturated rings. The summed E-state index contributed by atoms with van der Waals surface area (Å²) in [6, 6.07) is 0. The van der Waals surface area contributed by atoms with Crippen LogP contribution in [0.2, 0.25) is 0 Å². The number of rotatable bonds is 0. The Balaban J connectivity index is 0.000000227. The van der Waals surface area contributed by atoms with Crippen molar-refractivity contribution < 1.29 is 28.5 Å². The molecule has 0 aliphatic carbocycles. The summed E-state index contributed by atoms with van der Waals surface area (Å²) in [7, 11) is 0. The van der Waals surface area contributed by atoms with Crippen LogP contribution in [0.15, 0.2) is 0 Å². The molecule has 0 aromatic carbocycles. The van der Waals surface area contributed by atoms with Gasteiger partial charge in [0.1, 0.15) is 19.8 Å². The molecular weight excluding hydrogens is 251 g/mol. The van der Waals surface area contributed by atoms with Gasteiger partial charge < -0.3 is 18.9 Å². The number of ether oxygens (including phenoxy) is 4. The summed E-state index contributed by atoms with van der Waals surface area (Å²) in [6.07, 6.45) is 0.245. The molecule has 0 aromatic heterocycles. The second-order valence-electron chi connectivity index (χ2n) is 2.04. The summed E-state index contributed by atoms with van der Waals surface area (Å²) in [5.74, 6) is 0. The highest BCUT2D eigenvalue weighted by atomic mass is 35.5. The van der Waals surface area contributed by atoms with Crippen LogP contribution in [0.25, 0.3) is 0 Å². The first kappa shape index (κ1) is 14.1. The Labute approximate surface area is 96.3 Å². The molecule has 0 amide bonds. The maximum absolute atomic E-state index is 9.92. The summed E-state index contributed by atoms with van der Waals surface area (Å²) in [6.45, 7) is 0.998. The first-order valence-electron chi connectivity index (χ1n) is 3.83. The van der Waals surface area contributed by atoms with Crippen molar-refractivity contribution in [1.29, 1.82) is 0 Å². The van der Waals surface area contributed by atoms with Crippen molar-refractivity contribution in [3.63, 3.8) is 0 Å². The zero-order valence-corrected chi connectivity index (χ0v) is 9.42. The number of hydrogen-bond donors (Lipinski definition) is 0. The van der Waals surface area contributed by atoms with Crippen LogP contribution in [0.4, 0.5) is 9.59 Å². The summed E-state index contributed by atoms with van der Waals surface area (Å²) in [4.78, 5) is 19.7. The first-order chi connectivity index (χ1) is 7.18. The van der Waals surface area contributed by atoms with Crippen LogP contribution >= 0.6 is 23.2 Å². The van der Waals surface area contributed by atoms with Gasteiger partial charge in [0.25, 0.3) is 0 Å². The van der Waals surface area contributed by atoms with Gasteiger partial charge in [-0.1, -0.05) is 11.6 Å². The van der Waals surface area contributed by atoms with Gasteiger partial charge in [-0.25, -0.2) is 9.59 Å². The molecule has 8 heteroatoms. The molecule has 0 spiro atoms. The van der Waals surface area contributed by atoms with E-state index < -0.39 is 17.9 Å². The first-order valence-corrected chi connectivity index (χ1v) is 5.02. The van der Waals surface area contributed by atoms with Gasteiger partial charge in [-0.15, -0.1) is 11.6 Å². The van der Waals surface area contributed by atoms with E-state index in [1.165, 1.54) is 6.38 Å². The van der Waals surface area contributed by atoms with E-state index in [9.17, 15) is 9.59 Å². The third-order valence-corrected chi connectivity index (χ3v) is 1.29. The number of hydrogen-bond acceptors (Lipinski definition) is 6. The van der Waals surface area contributed by atoms with E-state index in [0.29, 0.717) is 13.2 Å². The fourth-order valence-corrected chi connectivity index (χ4v) is 0.733. The van der Waals surface area contributed by atoms with Crippen molar-refractivity contribution in [2.75, 3.05) is 26.2 Å². The Morgan fingerprint density at radius 1 is 1.07 bits per heavy atom. The molecule has 2 saturated heterocycles. The molecule has 0 bridgehead atoms. The van der Waals surface area contributed by atoms with Crippen LogP contribution in [-0.4, -0.2) is 44.1 Å². The SMILES string of the molecule is CCl.O=C1OCC(Cl)O1.O=C1OCCO1. The molecular formula is C7H10Cl2O6. The van der Waals surface area contributed by atoms with Crippen LogP contribution in [-0.2, 0) is 18.9 Å². The molecule has 2 aliphatic rings. The topological polar surface area (TPSA) is 71.1 Å². The predicted molar refractivity (Wildman–Crippen MR) is 51.2 cm³/mol. The van der Waals surface area contributed by atoms with Gasteiger partial charge in [0.2, 0.25) is 5.56 Å². The maximum atomic E-state index is 9.92. The van der Waals surface area contributed by atoms with Crippen LogP contribution in [0.1, 0.15) is 0 Å². The molecule has 1 unspecified atom stereocenters. The van der Waals surface area contributed by atoms with E-state index in [1.807, 2.05) is 0 Å². The second-order valence-corrected chi connectivity index (χ2v) is 2.52. The smallest absolute Gasteiger partial charge is 0.431 e. The molecule has 0 radical (unpaired) electrons. The molecule has 6 nitrogen and oxygen atoms in total. The van der Waals surface area contributed by atoms with Crippen molar-refractivity contribution in [3.05, 3.63) is 0 Å². The van der Waals surface area contributed by atoms with Crippen LogP contribution in [0.3, 0.4) is 0 Å². The average Bonchev–Trinajstić information content (AvgIpc) is 2.82. The molecule has 2 heterocycles. The van der Waals surface area contributed by atoms with Gasteiger partial charge >= 0.3 is 12.3 Å². The summed E-state index contributed by atoms with van der Waals surface area (Å²) in [5.41, 5.74) is -0.576. The lowest BCUT2D eigenvalue weighted by molar-refractivity contribution is 0.128. The highest BCUT2D eigenvalue weighted by Gasteiger charge is 2.21. The van der Waals surface area contributed by atoms with Crippen molar-refractivity contribution in [3.8, 4) is 0 Å². The Morgan fingerprint density at radius 2 is 1.60 bits per heavy atom. The quantitative estimate of drug-likeness (QED) is 0.488. The minimum Gasteiger partial charge on any atom is -0.431 e. The lowest BCUT2D eigenvalue weighted by Gasteiger charge is -1.87. The van der Waals surface area contributed by atoms with Crippen molar-refractivity contribution in [2.24, 2.45) is 0 Å². The van der Waals surface area contributed by atoms with Gasteiger partial charge in [-0.2, -0.15) is 0 Å². The molecule has 2 rings (SSSR count). The molecule has 2 aliphatic heterocycles. The van der Waals surface area contributed by atoms with Crippen molar-refractivity contribution in [2.45, 2.75) is 5.56 Å². The van der Waals surface area contributed by atoms with Gasteiger partial charge in [-0.3, -0.25) is 0 Å².